The van der Waals surface area contributed by atoms with Crippen molar-refractivity contribution in [3.63, 3.8) is 0 Å². The molecule has 26 heavy (non-hydrogen) atoms. The summed E-state index contributed by atoms with van der Waals surface area (Å²) in [5.41, 5.74) is 4.48. The van der Waals surface area contributed by atoms with Crippen LogP contribution in [-0.4, -0.2) is 23.0 Å². The van der Waals surface area contributed by atoms with Crippen molar-refractivity contribution in [3.8, 4) is 0 Å². The predicted octanol–water partition coefficient (Wildman–Crippen LogP) is 5.53. The fourth-order valence-corrected chi connectivity index (χ4v) is 3.60. The van der Waals surface area contributed by atoms with Crippen molar-refractivity contribution in [1.29, 1.82) is 0 Å². The molecule has 1 amide bonds. The molecule has 1 aliphatic rings. The Morgan fingerprint density at radius 1 is 1.00 bits per heavy atom. The molecule has 3 nitrogen and oxygen atoms in total. The number of hydrogen-bond acceptors (Lipinski definition) is 3. The second kappa shape index (κ2) is 7.12. The molecule has 0 spiro atoms. The topological polar surface area (TPSA) is 32.7 Å². The lowest BCUT2D eigenvalue weighted by Crippen LogP contribution is -2.23. The summed E-state index contributed by atoms with van der Waals surface area (Å²) in [6.45, 7) is 8.63. The first-order valence-electron chi connectivity index (χ1n) is 8.67. The highest BCUT2D eigenvalue weighted by Gasteiger charge is 2.30. The van der Waals surface area contributed by atoms with E-state index in [9.17, 15) is 4.79 Å². The van der Waals surface area contributed by atoms with Crippen LogP contribution in [0.1, 0.15) is 37.5 Å². The molecule has 134 valence electrons. The minimum atomic E-state index is -0.0132. The van der Waals surface area contributed by atoms with Crippen molar-refractivity contribution >= 4 is 34.6 Å². The Labute approximate surface area is 159 Å². The zero-order valence-electron chi connectivity index (χ0n) is 15.9. The lowest BCUT2D eigenvalue weighted by Gasteiger charge is -2.18. The highest BCUT2D eigenvalue weighted by Crippen LogP contribution is 2.33. The van der Waals surface area contributed by atoms with Gasteiger partial charge in [0, 0.05) is 7.05 Å². The molecule has 0 saturated carbocycles. The number of amidine groups is 1. The molecule has 3 rings (SSSR count). The van der Waals surface area contributed by atoms with E-state index in [4.69, 9.17) is 0 Å². The van der Waals surface area contributed by atoms with Crippen LogP contribution in [0.5, 0.6) is 0 Å². The molecule has 0 atom stereocenters. The molecule has 1 saturated heterocycles. The number of benzene rings is 2. The molecular weight excluding hydrogens is 340 g/mol. The highest BCUT2D eigenvalue weighted by atomic mass is 32.2. The molecule has 0 aromatic heterocycles. The van der Waals surface area contributed by atoms with Crippen LogP contribution in [-0.2, 0) is 10.2 Å². The Morgan fingerprint density at radius 2 is 1.62 bits per heavy atom. The van der Waals surface area contributed by atoms with Crippen LogP contribution in [0.3, 0.4) is 0 Å². The van der Waals surface area contributed by atoms with Gasteiger partial charge in [0.05, 0.1) is 10.6 Å². The van der Waals surface area contributed by atoms with Crippen LogP contribution in [0.25, 0.3) is 6.08 Å². The second-order valence-electron chi connectivity index (χ2n) is 7.58. The third-order valence-corrected chi connectivity index (χ3v) is 5.40. The van der Waals surface area contributed by atoms with E-state index in [-0.39, 0.29) is 11.3 Å². The molecule has 0 unspecified atom stereocenters. The van der Waals surface area contributed by atoms with Crippen LogP contribution in [0.2, 0.25) is 0 Å². The summed E-state index contributed by atoms with van der Waals surface area (Å²) in [6, 6.07) is 16.4. The van der Waals surface area contributed by atoms with E-state index >= 15 is 0 Å². The van der Waals surface area contributed by atoms with Crippen molar-refractivity contribution in [2.24, 2.45) is 4.99 Å². The minimum absolute atomic E-state index is 0.0132. The average molecular weight is 365 g/mol. The molecule has 2 aromatic rings. The van der Waals surface area contributed by atoms with E-state index in [0.29, 0.717) is 10.1 Å². The first-order chi connectivity index (χ1) is 12.2. The van der Waals surface area contributed by atoms with Gasteiger partial charge in [0.2, 0.25) is 0 Å². The highest BCUT2D eigenvalue weighted by molar-refractivity contribution is 8.18. The predicted molar refractivity (Wildman–Crippen MR) is 112 cm³/mol. The van der Waals surface area contributed by atoms with E-state index in [1.807, 2.05) is 37.3 Å². The van der Waals surface area contributed by atoms with Crippen molar-refractivity contribution in [2.45, 2.75) is 33.1 Å². The third kappa shape index (κ3) is 4.07. The third-order valence-electron chi connectivity index (χ3n) is 4.34. The van der Waals surface area contributed by atoms with Gasteiger partial charge in [-0.15, -0.1) is 0 Å². The Hall–Kier alpha value is -2.33. The van der Waals surface area contributed by atoms with Gasteiger partial charge in [-0.2, -0.15) is 0 Å². The van der Waals surface area contributed by atoms with Crippen LogP contribution >= 0.6 is 11.8 Å². The number of aliphatic imine (C=N–C) groups is 1. The molecule has 1 heterocycles. The van der Waals surface area contributed by atoms with Crippen LogP contribution in [0, 0.1) is 6.92 Å². The molecule has 1 aliphatic heterocycles. The van der Waals surface area contributed by atoms with E-state index in [1.54, 1.807) is 11.9 Å². The normalized spacial score (nSPS) is 18.2. The number of hydrogen-bond donors (Lipinski definition) is 0. The molecule has 0 aliphatic carbocycles. The van der Waals surface area contributed by atoms with Crippen LogP contribution < -0.4 is 0 Å². The monoisotopic (exact) mass is 364 g/mol. The van der Waals surface area contributed by atoms with Crippen molar-refractivity contribution < 1.29 is 4.79 Å². The molecule has 1 fully saturated rings. The van der Waals surface area contributed by atoms with Gasteiger partial charge >= 0.3 is 0 Å². The van der Waals surface area contributed by atoms with E-state index < -0.39 is 0 Å². The average Bonchev–Trinajstić information content (AvgIpc) is 2.85. The SMILES string of the molecule is Cc1ccc(N=C2S/C(=C\c3ccc(C(C)(C)C)cc3)C(=O)N2C)cc1. The van der Waals surface area contributed by atoms with E-state index in [0.717, 1.165) is 11.3 Å². The number of nitrogens with zero attached hydrogens (tertiary/aromatic N) is 2. The van der Waals surface area contributed by atoms with Crippen LogP contribution in [0.15, 0.2) is 58.4 Å². The van der Waals surface area contributed by atoms with Gasteiger partial charge in [0.1, 0.15) is 0 Å². The van der Waals surface area contributed by atoms with Crippen molar-refractivity contribution in [1.82, 2.24) is 4.90 Å². The maximum absolute atomic E-state index is 12.5. The fourth-order valence-electron chi connectivity index (χ4n) is 2.61. The Bertz CT molecular complexity index is 872. The van der Waals surface area contributed by atoms with E-state index in [1.165, 1.54) is 22.9 Å². The van der Waals surface area contributed by atoms with Crippen molar-refractivity contribution in [3.05, 3.63) is 70.1 Å². The van der Waals surface area contributed by atoms with E-state index in [2.05, 4.69) is 50.0 Å². The number of carbonyl (C=O) groups excluding carboxylic acids is 1. The van der Waals surface area contributed by atoms with Gasteiger partial charge < -0.3 is 0 Å². The fraction of sp³-hybridized carbons (Fsp3) is 0.273. The quantitative estimate of drug-likeness (QED) is 0.657. The Kier molecular flexibility index (Phi) is 5.05. The lowest BCUT2D eigenvalue weighted by atomic mass is 9.87. The molecule has 2 aromatic carbocycles. The van der Waals surface area contributed by atoms with Crippen molar-refractivity contribution in [2.75, 3.05) is 7.05 Å². The summed E-state index contributed by atoms with van der Waals surface area (Å²) in [5, 5.41) is 0.705. The maximum atomic E-state index is 12.5. The number of aryl methyl sites for hydroxylation is 1. The zero-order chi connectivity index (χ0) is 18.9. The number of thioether (sulfide) groups is 1. The molecule has 0 bridgehead atoms. The summed E-state index contributed by atoms with van der Waals surface area (Å²) in [4.78, 5) is 19.5. The van der Waals surface area contributed by atoms with Crippen LogP contribution in [0.4, 0.5) is 5.69 Å². The zero-order valence-corrected chi connectivity index (χ0v) is 16.7. The Balaban J connectivity index is 1.84. The Morgan fingerprint density at radius 3 is 2.19 bits per heavy atom. The second-order valence-corrected chi connectivity index (χ2v) is 8.59. The van der Waals surface area contributed by atoms with Gasteiger partial charge in [0.15, 0.2) is 5.17 Å². The number of carbonyl (C=O) groups is 1. The number of amides is 1. The van der Waals surface area contributed by atoms with Gasteiger partial charge in [-0.3, -0.25) is 9.69 Å². The largest absolute Gasteiger partial charge is 0.290 e. The molecule has 0 N–H and O–H groups in total. The number of rotatable bonds is 2. The standard InChI is InChI=1S/C22H24N2OS/c1-15-6-12-18(13-7-15)23-21-24(5)20(25)19(26-21)14-16-8-10-17(11-9-16)22(2,3)4/h6-14H,1-5H3/b19-14-,23-21?. The summed E-state index contributed by atoms with van der Waals surface area (Å²) in [6.07, 6.45) is 1.94. The van der Waals surface area contributed by atoms with Gasteiger partial charge in [-0.1, -0.05) is 62.7 Å². The van der Waals surface area contributed by atoms with Gasteiger partial charge in [-0.25, -0.2) is 4.99 Å². The number of likely N-dealkylation sites (N-methyl/N-ethyl adjacent to an activating group) is 1. The van der Waals surface area contributed by atoms with Gasteiger partial charge in [-0.05, 0) is 53.4 Å². The first-order valence-corrected chi connectivity index (χ1v) is 9.49. The first kappa shape index (κ1) is 18.5. The summed E-state index contributed by atoms with van der Waals surface area (Å²) >= 11 is 1.42. The molecular formula is C22H24N2OS. The minimum Gasteiger partial charge on any atom is -0.290 e. The summed E-state index contributed by atoms with van der Waals surface area (Å²) in [7, 11) is 1.77. The smallest absolute Gasteiger partial charge is 0.266 e. The van der Waals surface area contributed by atoms with Gasteiger partial charge in [0.25, 0.3) is 5.91 Å². The lowest BCUT2D eigenvalue weighted by molar-refractivity contribution is -0.121. The summed E-state index contributed by atoms with van der Waals surface area (Å²) in [5.74, 6) is -0.0132. The molecule has 4 heteroatoms. The summed E-state index contributed by atoms with van der Waals surface area (Å²) < 4.78 is 0. The maximum Gasteiger partial charge on any atom is 0.266 e. The molecule has 0 radical (unpaired) electrons.